The number of aromatic nitrogens is 2. The van der Waals surface area contributed by atoms with E-state index in [-0.39, 0.29) is 11.9 Å². The monoisotopic (exact) mass is 241 g/mol. The van der Waals surface area contributed by atoms with Gasteiger partial charge in [0, 0.05) is 17.3 Å². The van der Waals surface area contributed by atoms with E-state index >= 15 is 0 Å². The molecule has 0 radical (unpaired) electrons. The number of hydrogen-bond donors (Lipinski definition) is 2. The molecule has 0 fully saturated rings. The third kappa shape index (κ3) is 1.86. The van der Waals surface area contributed by atoms with Crippen molar-refractivity contribution in [1.82, 2.24) is 9.97 Å². The summed E-state index contributed by atoms with van der Waals surface area (Å²) >= 11 is 0. The third-order valence-electron chi connectivity index (χ3n) is 2.66. The van der Waals surface area contributed by atoms with Crippen molar-refractivity contribution in [3.05, 3.63) is 48.0 Å². The summed E-state index contributed by atoms with van der Waals surface area (Å²) < 4.78 is 5.08. The maximum atomic E-state index is 12.0. The lowest BCUT2D eigenvalue weighted by molar-refractivity contribution is 0.102. The smallest absolute Gasteiger partial charge is 0.301 e. The van der Waals surface area contributed by atoms with Crippen LogP contribution in [-0.4, -0.2) is 15.9 Å². The van der Waals surface area contributed by atoms with Gasteiger partial charge in [0.1, 0.15) is 6.26 Å². The highest BCUT2D eigenvalue weighted by molar-refractivity contribution is 6.05. The number of nitrogens with zero attached hydrogens (tertiary/aromatic N) is 1. The average Bonchev–Trinajstić information content (AvgIpc) is 2.96. The zero-order chi connectivity index (χ0) is 12.5. The molecule has 3 aromatic rings. The van der Waals surface area contributed by atoms with Crippen LogP contribution in [0.25, 0.3) is 10.9 Å². The number of fused-ring (bicyclic) bond motifs is 1. The summed E-state index contributed by atoms with van der Waals surface area (Å²) in [6.45, 7) is 1.80. The first-order chi connectivity index (χ1) is 8.72. The van der Waals surface area contributed by atoms with Crippen LogP contribution in [0, 0.1) is 6.92 Å². The van der Waals surface area contributed by atoms with Gasteiger partial charge in [0.2, 0.25) is 0 Å². The number of rotatable bonds is 2. The first-order valence-corrected chi connectivity index (χ1v) is 5.53. The second kappa shape index (κ2) is 4.03. The van der Waals surface area contributed by atoms with E-state index in [1.807, 2.05) is 18.3 Å². The van der Waals surface area contributed by atoms with Crippen molar-refractivity contribution in [2.24, 2.45) is 0 Å². The minimum Gasteiger partial charge on any atom is -0.432 e. The van der Waals surface area contributed by atoms with Crippen LogP contribution in [0.15, 0.2) is 41.1 Å². The Morgan fingerprint density at radius 3 is 3.06 bits per heavy atom. The van der Waals surface area contributed by atoms with Gasteiger partial charge < -0.3 is 9.40 Å². The molecular weight excluding hydrogens is 230 g/mol. The Hall–Kier alpha value is -2.56. The molecule has 0 unspecified atom stereocenters. The van der Waals surface area contributed by atoms with Gasteiger partial charge in [-0.25, -0.2) is 0 Å². The fourth-order valence-electron chi connectivity index (χ4n) is 1.77. The number of benzene rings is 1. The first kappa shape index (κ1) is 10.6. The topological polar surface area (TPSA) is 70.9 Å². The van der Waals surface area contributed by atoms with E-state index in [2.05, 4.69) is 15.3 Å². The highest BCUT2D eigenvalue weighted by Crippen LogP contribution is 2.15. The molecule has 2 N–H and O–H groups in total. The second-order valence-corrected chi connectivity index (χ2v) is 4.03. The molecule has 0 atom stereocenters. The van der Waals surface area contributed by atoms with Crippen LogP contribution >= 0.6 is 0 Å². The maximum Gasteiger partial charge on any atom is 0.301 e. The Morgan fingerprint density at radius 2 is 2.28 bits per heavy atom. The van der Waals surface area contributed by atoms with E-state index in [1.165, 1.54) is 6.26 Å². The van der Waals surface area contributed by atoms with Crippen LogP contribution in [-0.2, 0) is 0 Å². The first-order valence-electron chi connectivity index (χ1n) is 5.53. The minimum absolute atomic E-state index is 0.212. The number of amides is 1. The van der Waals surface area contributed by atoms with Gasteiger partial charge in [-0.05, 0) is 30.5 Å². The van der Waals surface area contributed by atoms with Gasteiger partial charge in [-0.3, -0.25) is 10.1 Å². The molecule has 0 saturated heterocycles. The second-order valence-electron chi connectivity index (χ2n) is 4.03. The summed E-state index contributed by atoms with van der Waals surface area (Å²) in [5.41, 5.74) is 2.21. The van der Waals surface area contributed by atoms with Gasteiger partial charge in [-0.1, -0.05) is 6.07 Å². The van der Waals surface area contributed by atoms with Gasteiger partial charge in [0.25, 0.3) is 5.91 Å². The van der Waals surface area contributed by atoms with Crippen LogP contribution in [0.2, 0.25) is 0 Å². The Bertz CT molecular complexity index is 712. The van der Waals surface area contributed by atoms with Crippen molar-refractivity contribution < 1.29 is 9.21 Å². The van der Waals surface area contributed by atoms with E-state index in [9.17, 15) is 4.79 Å². The Balaban J connectivity index is 1.87. The molecule has 0 spiro atoms. The minimum atomic E-state index is -0.242. The quantitative estimate of drug-likeness (QED) is 0.724. The van der Waals surface area contributed by atoms with Crippen LogP contribution in [0.4, 0.5) is 6.01 Å². The van der Waals surface area contributed by atoms with E-state index in [0.717, 1.165) is 16.6 Å². The average molecular weight is 241 g/mol. The SMILES string of the molecule is Cc1coc(NC(=O)c2ccc3cc[nH]c3c2)n1. The molecule has 1 amide bonds. The predicted molar refractivity (Wildman–Crippen MR) is 67.5 cm³/mol. The number of nitrogens with one attached hydrogen (secondary N) is 2. The fourth-order valence-corrected chi connectivity index (χ4v) is 1.77. The summed E-state index contributed by atoms with van der Waals surface area (Å²) in [4.78, 5) is 19.0. The van der Waals surface area contributed by atoms with Gasteiger partial charge in [0.05, 0.1) is 5.69 Å². The lowest BCUT2D eigenvalue weighted by atomic mass is 10.1. The van der Waals surface area contributed by atoms with Crippen molar-refractivity contribution in [3.8, 4) is 0 Å². The van der Waals surface area contributed by atoms with E-state index < -0.39 is 0 Å². The number of aryl methyl sites for hydroxylation is 1. The summed E-state index contributed by atoms with van der Waals surface area (Å²) in [5.74, 6) is -0.242. The molecule has 18 heavy (non-hydrogen) atoms. The highest BCUT2D eigenvalue weighted by atomic mass is 16.4. The molecular formula is C13H11N3O2. The van der Waals surface area contributed by atoms with E-state index in [4.69, 9.17) is 4.42 Å². The molecule has 0 aliphatic rings. The van der Waals surface area contributed by atoms with E-state index in [0.29, 0.717) is 5.56 Å². The zero-order valence-corrected chi connectivity index (χ0v) is 9.73. The molecule has 5 heteroatoms. The van der Waals surface area contributed by atoms with Crippen LogP contribution in [0.1, 0.15) is 16.1 Å². The summed E-state index contributed by atoms with van der Waals surface area (Å²) in [6, 6.07) is 7.61. The summed E-state index contributed by atoms with van der Waals surface area (Å²) in [6.07, 6.45) is 3.33. The van der Waals surface area contributed by atoms with E-state index in [1.54, 1.807) is 19.1 Å². The molecule has 0 aliphatic heterocycles. The molecule has 0 bridgehead atoms. The number of aromatic amines is 1. The van der Waals surface area contributed by atoms with Gasteiger partial charge in [-0.15, -0.1) is 0 Å². The van der Waals surface area contributed by atoms with Crippen LogP contribution < -0.4 is 5.32 Å². The van der Waals surface area contributed by atoms with Crippen molar-refractivity contribution in [2.45, 2.75) is 6.92 Å². The lowest BCUT2D eigenvalue weighted by Crippen LogP contribution is -2.11. The Labute approximate surface area is 103 Å². The maximum absolute atomic E-state index is 12.0. The van der Waals surface area contributed by atoms with Crippen molar-refractivity contribution >= 4 is 22.8 Å². The van der Waals surface area contributed by atoms with Crippen molar-refractivity contribution in [1.29, 1.82) is 0 Å². The molecule has 0 aliphatic carbocycles. The Morgan fingerprint density at radius 1 is 1.39 bits per heavy atom. The molecule has 5 nitrogen and oxygen atoms in total. The lowest BCUT2D eigenvalue weighted by Gasteiger charge is -2.01. The fraction of sp³-hybridized carbons (Fsp3) is 0.0769. The van der Waals surface area contributed by atoms with Gasteiger partial charge in [0.15, 0.2) is 0 Å². The number of H-pyrrole nitrogens is 1. The van der Waals surface area contributed by atoms with Crippen LogP contribution in [0.5, 0.6) is 0 Å². The molecule has 90 valence electrons. The Kier molecular flexibility index (Phi) is 2.37. The number of oxazole rings is 1. The third-order valence-corrected chi connectivity index (χ3v) is 2.66. The standard InChI is InChI=1S/C13H11N3O2/c1-8-7-18-13(15-8)16-12(17)10-3-2-9-4-5-14-11(9)6-10/h2-7,14H,1H3,(H,15,16,17). The van der Waals surface area contributed by atoms with Crippen molar-refractivity contribution in [2.75, 3.05) is 5.32 Å². The number of carbonyl (C=O) groups is 1. The molecule has 0 saturated carbocycles. The summed E-state index contributed by atoms with van der Waals surface area (Å²) in [5, 5.41) is 3.67. The molecule has 3 rings (SSSR count). The number of hydrogen-bond acceptors (Lipinski definition) is 3. The normalized spacial score (nSPS) is 10.7. The highest BCUT2D eigenvalue weighted by Gasteiger charge is 2.10. The summed E-state index contributed by atoms with van der Waals surface area (Å²) in [7, 11) is 0. The molecule has 2 aromatic heterocycles. The number of anilines is 1. The predicted octanol–water partition coefficient (Wildman–Crippen LogP) is 2.72. The van der Waals surface area contributed by atoms with Gasteiger partial charge in [-0.2, -0.15) is 4.98 Å². The van der Waals surface area contributed by atoms with Gasteiger partial charge >= 0.3 is 6.01 Å². The zero-order valence-electron chi connectivity index (χ0n) is 9.73. The molecule has 2 heterocycles. The molecule has 1 aromatic carbocycles. The number of carbonyl (C=O) groups excluding carboxylic acids is 1. The van der Waals surface area contributed by atoms with Crippen molar-refractivity contribution in [3.63, 3.8) is 0 Å². The largest absolute Gasteiger partial charge is 0.432 e. The van der Waals surface area contributed by atoms with Crippen LogP contribution in [0.3, 0.4) is 0 Å².